The Labute approximate surface area is 338 Å². The number of ether oxygens (including phenoxy) is 5. The van der Waals surface area contributed by atoms with E-state index in [4.69, 9.17) is 29.4 Å². The van der Waals surface area contributed by atoms with Crippen LogP contribution in [0.1, 0.15) is 155 Å². The zero-order valence-corrected chi connectivity index (χ0v) is 36.9. The summed E-state index contributed by atoms with van der Waals surface area (Å²) in [4.78, 5) is 103. The van der Waals surface area contributed by atoms with E-state index in [9.17, 15) is 38.4 Å². The minimum Gasteiger partial charge on any atom is -0.460 e. The van der Waals surface area contributed by atoms with Gasteiger partial charge in [0.25, 0.3) is 0 Å². The van der Waals surface area contributed by atoms with Crippen molar-refractivity contribution in [3.8, 4) is 0 Å². The summed E-state index contributed by atoms with van der Waals surface area (Å²) in [7, 11) is 0. The lowest BCUT2D eigenvalue weighted by Gasteiger charge is -2.26. The average molecular weight is 815 g/mol. The Morgan fingerprint density at radius 2 is 0.632 bits per heavy atom. The number of hydrogen-bond acceptors (Lipinski definition) is 14. The first-order chi connectivity index (χ1) is 25.6. The van der Waals surface area contributed by atoms with Gasteiger partial charge in [0.1, 0.15) is 52.2 Å². The minimum atomic E-state index is -1.33. The number of hydrogen-bond donors (Lipinski definition) is 4. The molecule has 0 aliphatic heterocycles. The highest BCUT2D eigenvalue weighted by Crippen LogP contribution is 2.17. The molecule has 3 amide bonds. The summed E-state index contributed by atoms with van der Waals surface area (Å²) in [6, 6.07) is -4.91. The van der Waals surface area contributed by atoms with E-state index in [1.807, 2.05) is 0 Å². The van der Waals surface area contributed by atoms with E-state index in [0.29, 0.717) is 0 Å². The molecule has 0 aliphatic rings. The summed E-state index contributed by atoms with van der Waals surface area (Å²) < 4.78 is 27.0. The van der Waals surface area contributed by atoms with Gasteiger partial charge in [-0.25, -0.2) is 14.4 Å². The Bertz CT molecular complexity index is 1410. The number of rotatable bonds is 19. The molecular weight excluding hydrogens is 744 g/mol. The van der Waals surface area contributed by atoms with Crippen LogP contribution in [-0.2, 0) is 62.0 Å². The van der Waals surface area contributed by atoms with Gasteiger partial charge in [0, 0.05) is 25.7 Å². The molecule has 0 radical (unpaired) electrons. The van der Waals surface area contributed by atoms with Gasteiger partial charge in [0.15, 0.2) is 0 Å². The highest BCUT2D eigenvalue weighted by Gasteiger charge is 2.33. The maximum atomic E-state index is 13.3. The lowest BCUT2D eigenvalue weighted by atomic mass is 10.1. The van der Waals surface area contributed by atoms with Crippen LogP contribution in [0.2, 0.25) is 0 Å². The maximum Gasteiger partial charge on any atom is 0.329 e. The number of carbonyl (C=O) groups is 8. The molecule has 0 fully saturated rings. The third kappa shape index (κ3) is 27.1. The summed E-state index contributed by atoms with van der Waals surface area (Å²) in [5, 5.41) is 7.66. The Morgan fingerprint density at radius 3 is 0.912 bits per heavy atom. The van der Waals surface area contributed by atoms with Gasteiger partial charge in [-0.15, -0.1) is 0 Å². The summed E-state index contributed by atoms with van der Waals surface area (Å²) >= 11 is 0. The van der Waals surface area contributed by atoms with Crippen molar-refractivity contribution in [1.82, 2.24) is 16.0 Å². The fourth-order valence-corrected chi connectivity index (χ4v) is 4.65. The normalized spacial score (nSPS) is 14.5. The molecule has 0 aromatic carbocycles. The lowest BCUT2D eigenvalue weighted by Crippen LogP contribution is -2.48. The predicted octanol–water partition coefficient (Wildman–Crippen LogP) is 3.60. The standard InChI is InChI=1S/C40H70N4O13/c1-36(2,3)53-31(48)23-19-27(35(52)57-40(13,14)15)44-30(47)22-18-26(34(51)56-39(10,11)12)43-29(46)21-17-25(33(50)55-38(7,8)9)42-28(45)20-16-24(41)32(49)54-37(4,5)6/h24-27H,16-23,41H2,1-15H3,(H,42,45)(H,43,46)(H,44,47)/t24-,25-,26-,27-/m0/s1. The quantitative estimate of drug-likeness (QED) is 0.108. The highest BCUT2D eigenvalue weighted by molar-refractivity contribution is 5.89. The molecule has 0 rings (SSSR count). The zero-order valence-electron chi connectivity index (χ0n) is 36.9. The second-order valence-electron chi connectivity index (χ2n) is 18.8. The van der Waals surface area contributed by atoms with Crippen molar-refractivity contribution in [3.63, 3.8) is 0 Å². The van der Waals surface area contributed by atoms with E-state index >= 15 is 0 Å². The van der Waals surface area contributed by atoms with Crippen molar-refractivity contribution in [3.05, 3.63) is 0 Å². The lowest BCUT2D eigenvalue weighted by molar-refractivity contribution is -0.161. The topological polar surface area (TPSA) is 245 Å². The fourth-order valence-electron chi connectivity index (χ4n) is 4.65. The van der Waals surface area contributed by atoms with E-state index in [2.05, 4.69) is 16.0 Å². The van der Waals surface area contributed by atoms with Crippen LogP contribution in [0.25, 0.3) is 0 Å². The maximum absolute atomic E-state index is 13.3. The Hall–Kier alpha value is -4.28. The molecule has 57 heavy (non-hydrogen) atoms. The van der Waals surface area contributed by atoms with Crippen molar-refractivity contribution >= 4 is 47.6 Å². The van der Waals surface area contributed by atoms with Crippen LogP contribution in [0.4, 0.5) is 0 Å². The molecule has 0 aromatic rings. The molecule has 0 aliphatic carbocycles. The third-order valence-corrected chi connectivity index (χ3v) is 6.85. The van der Waals surface area contributed by atoms with E-state index in [1.54, 1.807) is 104 Å². The van der Waals surface area contributed by atoms with E-state index < -0.39 is 99.7 Å². The molecule has 0 saturated heterocycles. The number of carbonyl (C=O) groups excluding carboxylic acids is 8. The first-order valence-corrected chi connectivity index (χ1v) is 19.3. The fraction of sp³-hybridized carbons (Fsp3) is 0.800. The van der Waals surface area contributed by atoms with Gasteiger partial charge < -0.3 is 45.4 Å². The van der Waals surface area contributed by atoms with Crippen LogP contribution in [0.15, 0.2) is 0 Å². The minimum absolute atomic E-state index is 0.0737. The molecule has 0 unspecified atom stereocenters. The molecule has 4 atom stereocenters. The summed E-state index contributed by atoms with van der Waals surface area (Å²) in [6.07, 6.45) is -1.81. The van der Waals surface area contributed by atoms with Crippen LogP contribution < -0.4 is 21.7 Å². The predicted molar refractivity (Wildman–Crippen MR) is 210 cm³/mol. The van der Waals surface area contributed by atoms with Gasteiger partial charge in [-0.2, -0.15) is 0 Å². The second kappa shape index (κ2) is 22.0. The van der Waals surface area contributed by atoms with Gasteiger partial charge in [-0.3, -0.25) is 24.0 Å². The van der Waals surface area contributed by atoms with Crippen LogP contribution in [0.5, 0.6) is 0 Å². The van der Waals surface area contributed by atoms with Crippen molar-refractivity contribution in [2.24, 2.45) is 5.73 Å². The molecule has 0 saturated carbocycles. The SMILES string of the molecule is CC(C)(C)OC(=O)CC[C@H](NC(=O)CC[C@H](NC(=O)CC[C@H](NC(=O)CC[C@H](N)C(=O)OC(C)(C)C)C(=O)OC(C)(C)C)C(=O)OC(C)(C)C)C(=O)OC(C)(C)C. The molecule has 0 aromatic heterocycles. The monoisotopic (exact) mass is 814 g/mol. The molecule has 0 bridgehead atoms. The molecule has 17 nitrogen and oxygen atoms in total. The summed E-state index contributed by atoms with van der Waals surface area (Å²) in [6.45, 7) is 24.9. The first kappa shape index (κ1) is 52.7. The van der Waals surface area contributed by atoms with Crippen LogP contribution in [-0.4, -0.2) is 99.7 Å². The Kier molecular flexibility index (Phi) is 20.4. The van der Waals surface area contributed by atoms with Crippen molar-refractivity contribution in [2.75, 3.05) is 0 Å². The number of amides is 3. The number of nitrogens with one attached hydrogen (secondary N) is 3. The smallest absolute Gasteiger partial charge is 0.329 e. The van der Waals surface area contributed by atoms with Gasteiger partial charge in [-0.1, -0.05) is 0 Å². The highest BCUT2D eigenvalue weighted by atomic mass is 16.6. The van der Waals surface area contributed by atoms with Crippen LogP contribution >= 0.6 is 0 Å². The molecule has 328 valence electrons. The number of esters is 5. The van der Waals surface area contributed by atoms with Crippen molar-refractivity contribution in [1.29, 1.82) is 0 Å². The van der Waals surface area contributed by atoms with E-state index in [-0.39, 0.29) is 51.4 Å². The molecule has 17 heteroatoms. The number of nitrogens with two attached hydrogens (primary N) is 1. The summed E-state index contributed by atoms with van der Waals surface area (Å²) in [5.74, 6) is -5.68. The Morgan fingerprint density at radius 1 is 0.386 bits per heavy atom. The summed E-state index contributed by atoms with van der Waals surface area (Å²) in [5.41, 5.74) is 1.59. The largest absolute Gasteiger partial charge is 0.460 e. The van der Waals surface area contributed by atoms with Gasteiger partial charge in [0.2, 0.25) is 17.7 Å². The average Bonchev–Trinajstić information content (AvgIpc) is 2.97. The molecule has 5 N–H and O–H groups in total. The van der Waals surface area contributed by atoms with Gasteiger partial charge in [0.05, 0.1) is 0 Å². The van der Waals surface area contributed by atoms with E-state index in [0.717, 1.165) is 0 Å². The molecule has 0 heterocycles. The van der Waals surface area contributed by atoms with Crippen LogP contribution in [0.3, 0.4) is 0 Å². The van der Waals surface area contributed by atoms with E-state index in [1.165, 1.54) is 0 Å². The van der Waals surface area contributed by atoms with Gasteiger partial charge >= 0.3 is 29.8 Å². The van der Waals surface area contributed by atoms with Crippen molar-refractivity contribution in [2.45, 2.75) is 207 Å². The Balaban J connectivity index is 5.89. The first-order valence-electron chi connectivity index (χ1n) is 19.3. The molecular formula is C40H70N4O13. The second-order valence-corrected chi connectivity index (χ2v) is 18.8. The van der Waals surface area contributed by atoms with Crippen LogP contribution in [0, 0.1) is 0 Å². The third-order valence-electron chi connectivity index (χ3n) is 6.85. The zero-order chi connectivity index (χ0) is 44.7. The van der Waals surface area contributed by atoms with Crippen molar-refractivity contribution < 1.29 is 62.0 Å². The van der Waals surface area contributed by atoms with Gasteiger partial charge in [-0.05, 0) is 130 Å². The molecule has 0 spiro atoms.